The molecule has 0 N–H and O–H groups in total. The van der Waals surface area contributed by atoms with Crippen LogP contribution >= 0.6 is 0 Å². The summed E-state index contributed by atoms with van der Waals surface area (Å²) in [6.07, 6.45) is -0.422. The SMILES string of the molecule is COC(=O)N1CC(c2ccc(OC)c(OCc3ccccc3)c2)C(C)(C(C)=O)C1. The Hall–Kier alpha value is -3.02. The zero-order chi connectivity index (χ0) is 21.0. The molecule has 0 radical (unpaired) electrons. The Morgan fingerprint density at radius 1 is 1.10 bits per heavy atom. The van der Waals surface area contributed by atoms with E-state index >= 15 is 0 Å². The standard InChI is InChI=1S/C23H27NO5/c1-16(25)23(2)15-24(22(26)28-4)13-19(23)18-10-11-20(27-3)21(12-18)29-14-17-8-6-5-7-9-17/h5-12,19H,13-15H2,1-4H3. The highest BCUT2D eigenvalue weighted by Crippen LogP contribution is 2.45. The summed E-state index contributed by atoms with van der Waals surface area (Å²) in [4.78, 5) is 26.2. The molecule has 0 spiro atoms. The molecule has 6 heteroatoms. The van der Waals surface area contributed by atoms with Gasteiger partial charge in [-0.1, -0.05) is 43.3 Å². The van der Waals surface area contributed by atoms with Crippen molar-refractivity contribution in [3.8, 4) is 11.5 Å². The second-order valence-corrected chi connectivity index (χ2v) is 7.56. The van der Waals surface area contributed by atoms with Gasteiger partial charge in [-0.25, -0.2) is 4.79 Å². The molecule has 1 heterocycles. The summed E-state index contributed by atoms with van der Waals surface area (Å²) >= 11 is 0. The normalized spacial score (nSPS) is 21.0. The number of Topliss-reactive ketones (excluding diaryl/α,β-unsaturated/α-hetero) is 1. The molecule has 0 aromatic heterocycles. The molecule has 154 valence electrons. The highest BCUT2D eigenvalue weighted by Gasteiger charge is 2.49. The lowest BCUT2D eigenvalue weighted by Gasteiger charge is -2.28. The first-order valence-corrected chi connectivity index (χ1v) is 9.57. The molecule has 3 rings (SSSR count). The Balaban J connectivity index is 1.90. The van der Waals surface area contributed by atoms with Crippen LogP contribution in [0, 0.1) is 5.41 Å². The maximum Gasteiger partial charge on any atom is 0.409 e. The molecular weight excluding hydrogens is 370 g/mol. The van der Waals surface area contributed by atoms with E-state index in [1.54, 1.807) is 18.9 Å². The van der Waals surface area contributed by atoms with E-state index in [1.165, 1.54) is 7.11 Å². The van der Waals surface area contributed by atoms with E-state index in [0.717, 1.165) is 11.1 Å². The number of nitrogens with zero attached hydrogens (tertiary/aromatic N) is 1. The Morgan fingerprint density at radius 2 is 1.83 bits per heavy atom. The van der Waals surface area contributed by atoms with Gasteiger partial charge < -0.3 is 19.1 Å². The van der Waals surface area contributed by atoms with E-state index in [0.29, 0.717) is 31.2 Å². The number of likely N-dealkylation sites (tertiary alicyclic amines) is 1. The molecule has 2 atom stereocenters. The third-order valence-corrected chi connectivity index (χ3v) is 5.76. The van der Waals surface area contributed by atoms with Crippen LogP contribution in [0.5, 0.6) is 11.5 Å². The van der Waals surface area contributed by atoms with Crippen molar-refractivity contribution < 1.29 is 23.8 Å². The molecule has 0 saturated carbocycles. The summed E-state index contributed by atoms with van der Waals surface area (Å²) in [5, 5.41) is 0. The van der Waals surface area contributed by atoms with Crippen LogP contribution in [-0.4, -0.2) is 44.1 Å². The first kappa shape index (κ1) is 20.7. The van der Waals surface area contributed by atoms with Gasteiger partial charge in [0.15, 0.2) is 11.5 Å². The molecule has 29 heavy (non-hydrogen) atoms. The lowest BCUT2D eigenvalue weighted by atomic mass is 9.73. The predicted octanol–water partition coefficient (Wildman–Crippen LogP) is 4.04. The van der Waals surface area contributed by atoms with Crippen LogP contribution in [0.1, 0.15) is 30.9 Å². The van der Waals surface area contributed by atoms with Crippen LogP contribution in [0.3, 0.4) is 0 Å². The van der Waals surface area contributed by atoms with Gasteiger partial charge in [-0.3, -0.25) is 4.79 Å². The number of rotatable bonds is 6. The first-order chi connectivity index (χ1) is 13.9. The Kier molecular flexibility index (Phi) is 6.11. The fraction of sp³-hybridized carbons (Fsp3) is 0.391. The summed E-state index contributed by atoms with van der Waals surface area (Å²) < 4.78 is 16.3. The van der Waals surface area contributed by atoms with Gasteiger partial charge in [0.25, 0.3) is 0 Å². The van der Waals surface area contributed by atoms with E-state index in [1.807, 2.05) is 55.5 Å². The summed E-state index contributed by atoms with van der Waals surface area (Å²) in [5.74, 6) is 1.11. The van der Waals surface area contributed by atoms with Crippen LogP contribution in [0.4, 0.5) is 4.79 Å². The largest absolute Gasteiger partial charge is 0.493 e. The number of hydrogen-bond acceptors (Lipinski definition) is 5. The topological polar surface area (TPSA) is 65.1 Å². The van der Waals surface area contributed by atoms with Crippen LogP contribution in [0.2, 0.25) is 0 Å². The van der Waals surface area contributed by atoms with E-state index in [-0.39, 0.29) is 11.7 Å². The minimum Gasteiger partial charge on any atom is -0.493 e. The summed E-state index contributed by atoms with van der Waals surface area (Å²) in [6.45, 7) is 4.62. The average Bonchev–Trinajstić information content (AvgIpc) is 3.11. The number of amides is 1. The highest BCUT2D eigenvalue weighted by molar-refractivity contribution is 5.85. The van der Waals surface area contributed by atoms with Gasteiger partial charge in [-0.05, 0) is 30.2 Å². The molecule has 2 aromatic carbocycles. The summed E-state index contributed by atoms with van der Waals surface area (Å²) in [7, 11) is 2.95. The zero-order valence-electron chi connectivity index (χ0n) is 17.3. The molecule has 2 unspecified atom stereocenters. The molecule has 1 saturated heterocycles. The third-order valence-electron chi connectivity index (χ3n) is 5.76. The zero-order valence-corrected chi connectivity index (χ0v) is 17.3. The molecule has 1 aliphatic heterocycles. The van der Waals surface area contributed by atoms with Crippen molar-refractivity contribution in [2.24, 2.45) is 5.41 Å². The summed E-state index contributed by atoms with van der Waals surface area (Å²) in [5.41, 5.74) is 1.28. The number of ketones is 1. The fourth-order valence-electron chi connectivity index (χ4n) is 3.85. The minimum absolute atomic E-state index is 0.0384. The third kappa shape index (κ3) is 4.21. The van der Waals surface area contributed by atoms with Gasteiger partial charge in [-0.15, -0.1) is 0 Å². The number of benzene rings is 2. The van der Waals surface area contributed by atoms with E-state index in [9.17, 15) is 9.59 Å². The highest BCUT2D eigenvalue weighted by atomic mass is 16.5. The van der Waals surface area contributed by atoms with Crippen molar-refractivity contribution in [1.29, 1.82) is 0 Å². The van der Waals surface area contributed by atoms with Gasteiger partial charge in [0.2, 0.25) is 0 Å². The quantitative estimate of drug-likeness (QED) is 0.736. The fourth-order valence-corrected chi connectivity index (χ4v) is 3.85. The molecule has 0 aliphatic carbocycles. The molecule has 0 bridgehead atoms. The van der Waals surface area contributed by atoms with Crippen molar-refractivity contribution in [2.75, 3.05) is 27.3 Å². The number of ether oxygens (including phenoxy) is 3. The van der Waals surface area contributed by atoms with Crippen LogP contribution in [-0.2, 0) is 16.1 Å². The van der Waals surface area contributed by atoms with E-state index in [2.05, 4.69) is 0 Å². The first-order valence-electron chi connectivity index (χ1n) is 9.57. The maximum atomic E-state index is 12.5. The van der Waals surface area contributed by atoms with Crippen LogP contribution in [0.15, 0.2) is 48.5 Å². The van der Waals surface area contributed by atoms with E-state index < -0.39 is 11.5 Å². The molecule has 6 nitrogen and oxygen atoms in total. The van der Waals surface area contributed by atoms with Crippen molar-refractivity contribution in [3.63, 3.8) is 0 Å². The van der Waals surface area contributed by atoms with Crippen molar-refractivity contribution in [1.82, 2.24) is 4.90 Å². The number of hydrogen-bond donors (Lipinski definition) is 0. The lowest BCUT2D eigenvalue weighted by molar-refractivity contribution is -0.125. The predicted molar refractivity (Wildman–Crippen MR) is 109 cm³/mol. The smallest absolute Gasteiger partial charge is 0.409 e. The van der Waals surface area contributed by atoms with Gasteiger partial charge >= 0.3 is 6.09 Å². The Labute approximate surface area is 171 Å². The Bertz CT molecular complexity index is 882. The average molecular weight is 397 g/mol. The second-order valence-electron chi connectivity index (χ2n) is 7.56. The molecule has 1 aliphatic rings. The number of carbonyl (C=O) groups excluding carboxylic acids is 2. The second kappa shape index (κ2) is 8.55. The van der Waals surface area contributed by atoms with Crippen LogP contribution in [0.25, 0.3) is 0 Å². The minimum atomic E-state index is -0.695. The molecule has 2 aromatic rings. The Morgan fingerprint density at radius 3 is 2.45 bits per heavy atom. The van der Waals surface area contributed by atoms with Gasteiger partial charge in [0.05, 0.1) is 19.6 Å². The lowest BCUT2D eigenvalue weighted by Crippen LogP contribution is -2.35. The van der Waals surface area contributed by atoms with Crippen LogP contribution < -0.4 is 9.47 Å². The van der Waals surface area contributed by atoms with E-state index in [4.69, 9.17) is 14.2 Å². The maximum absolute atomic E-state index is 12.5. The van der Waals surface area contributed by atoms with Crippen molar-refractivity contribution in [3.05, 3.63) is 59.7 Å². The summed E-state index contributed by atoms with van der Waals surface area (Å²) in [6, 6.07) is 15.6. The number of carbonyl (C=O) groups is 2. The molecule has 1 amide bonds. The number of methoxy groups -OCH3 is 2. The molecule has 1 fully saturated rings. The van der Waals surface area contributed by atoms with Gasteiger partial charge in [0.1, 0.15) is 12.4 Å². The monoisotopic (exact) mass is 397 g/mol. The molecular formula is C23H27NO5. The van der Waals surface area contributed by atoms with Gasteiger partial charge in [-0.2, -0.15) is 0 Å². The van der Waals surface area contributed by atoms with Crippen molar-refractivity contribution >= 4 is 11.9 Å². The van der Waals surface area contributed by atoms with Gasteiger partial charge in [0, 0.05) is 19.0 Å². The van der Waals surface area contributed by atoms with Crippen molar-refractivity contribution in [2.45, 2.75) is 26.4 Å².